The van der Waals surface area contributed by atoms with Crippen LogP contribution in [0, 0.1) is 17.7 Å². The molecule has 4 rings (SSSR count). The number of hydrogen-bond acceptors (Lipinski definition) is 10. The molecule has 0 saturated heterocycles. The molecule has 0 bridgehead atoms. The number of carbonyl (C=O) groups excluding carboxylic acids is 4. The minimum atomic E-state index is -2.83. The monoisotopic (exact) mass is 550 g/mol. The molecule has 3 aliphatic carbocycles. The van der Waals surface area contributed by atoms with Crippen LogP contribution >= 0.6 is 0 Å². The van der Waals surface area contributed by atoms with Crippen molar-refractivity contribution in [1.82, 2.24) is 10.2 Å². The minimum absolute atomic E-state index is 0.114. The van der Waals surface area contributed by atoms with E-state index in [9.17, 15) is 44.0 Å². The summed E-state index contributed by atoms with van der Waals surface area (Å²) in [6, 6.07) is -0.426. The summed E-state index contributed by atoms with van der Waals surface area (Å²) in [5.74, 6) is -10.3. The molecule has 1 aromatic carbocycles. The first kappa shape index (κ1) is 28.1. The van der Waals surface area contributed by atoms with Gasteiger partial charge in [-0.2, -0.15) is 0 Å². The molecule has 8 N–H and O–H groups in total. The van der Waals surface area contributed by atoms with Crippen LogP contribution in [0.1, 0.15) is 17.5 Å². The first-order valence-electron chi connectivity index (χ1n) is 12.0. The van der Waals surface area contributed by atoms with Gasteiger partial charge in [0.15, 0.2) is 17.1 Å². The number of aliphatic hydroxyl groups excluding tert-OH is 2. The normalized spacial score (nSPS) is 26.4. The van der Waals surface area contributed by atoms with Gasteiger partial charge in [-0.1, -0.05) is 0 Å². The van der Waals surface area contributed by atoms with Crippen molar-refractivity contribution in [3.05, 3.63) is 39.9 Å². The number of nitrogens with two attached hydrogens (primary N) is 1. The van der Waals surface area contributed by atoms with Crippen LogP contribution in [0.15, 0.2) is 23.0 Å². The summed E-state index contributed by atoms with van der Waals surface area (Å²) in [7, 11) is 2.93. The van der Waals surface area contributed by atoms with E-state index in [2.05, 4.69) is 10.6 Å². The second-order valence-corrected chi connectivity index (χ2v) is 9.98. The lowest BCUT2D eigenvalue weighted by atomic mass is 9.57. The molecule has 12 nitrogen and oxygen atoms in total. The standard InChI is InChI=1S/C25H28F2N4O8/c1-31(2)18-11-6-9-5-10-12(27)7-13(30-14(32)8-29-4-3-26)19(33)16(10)20(34)15(9)22(36)25(11,39)23(37)17(21(18)35)24(28)38/h7,9,11,18,29,33-34,37,39H,3-6,8H2,1-2H3,(H2,28,38)(H,30,32)/t9-,11-,18-,25-/m0/s1. The molecule has 39 heavy (non-hydrogen) atoms. The Balaban J connectivity index is 1.84. The van der Waals surface area contributed by atoms with Crippen LogP contribution < -0.4 is 16.4 Å². The van der Waals surface area contributed by atoms with E-state index >= 15 is 4.39 Å². The lowest BCUT2D eigenvalue weighted by Gasteiger charge is -2.50. The van der Waals surface area contributed by atoms with Gasteiger partial charge < -0.3 is 36.8 Å². The number of amides is 2. The molecule has 2 amide bonds. The maximum atomic E-state index is 15.2. The molecule has 0 spiro atoms. The number of carbonyl (C=O) groups is 4. The number of phenolic OH excluding ortho intramolecular Hbond substituents is 1. The Labute approximate surface area is 220 Å². The van der Waals surface area contributed by atoms with Gasteiger partial charge in [-0.05, 0) is 32.9 Å². The molecule has 0 aliphatic heterocycles. The molecular weight excluding hydrogens is 522 g/mol. The van der Waals surface area contributed by atoms with E-state index in [0.717, 1.165) is 6.07 Å². The van der Waals surface area contributed by atoms with Crippen molar-refractivity contribution in [1.29, 1.82) is 0 Å². The minimum Gasteiger partial charge on any atom is -0.508 e. The number of aliphatic hydroxyl groups is 3. The van der Waals surface area contributed by atoms with Crippen molar-refractivity contribution < 1.29 is 48.4 Å². The van der Waals surface area contributed by atoms with Gasteiger partial charge in [-0.15, -0.1) is 0 Å². The maximum absolute atomic E-state index is 15.2. The summed E-state index contributed by atoms with van der Waals surface area (Å²) in [6.07, 6.45) is -0.426. The number of fused-ring (bicyclic) bond motifs is 3. The summed E-state index contributed by atoms with van der Waals surface area (Å²) >= 11 is 0. The van der Waals surface area contributed by atoms with Gasteiger partial charge in [-0.25, -0.2) is 8.78 Å². The molecule has 210 valence electrons. The van der Waals surface area contributed by atoms with Crippen molar-refractivity contribution in [3.8, 4) is 5.75 Å². The number of halogens is 2. The largest absolute Gasteiger partial charge is 0.508 e. The van der Waals surface area contributed by atoms with Gasteiger partial charge in [-0.3, -0.25) is 24.1 Å². The van der Waals surface area contributed by atoms with E-state index in [1.54, 1.807) is 0 Å². The molecule has 4 atom stereocenters. The zero-order valence-corrected chi connectivity index (χ0v) is 21.0. The molecule has 1 saturated carbocycles. The number of primary amides is 1. The number of Topliss-reactive ketones (excluding diaryl/α,β-unsaturated/α-hetero) is 2. The fourth-order valence-corrected chi connectivity index (χ4v) is 5.82. The first-order valence-corrected chi connectivity index (χ1v) is 12.0. The third-order valence-corrected chi connectivity index (χ3v) is 7.50. The highest BCUT2D eigenvalue weighted by molar-refractivity contribution is 6.24. The topological polar surface area (TPSA) is 203 Å². The van der Waals surface area contributed by atoms with Gasteiger partial charge in [0.25, 0.3) is 5.91 Å². The zero-order valence-electron chi connectivity index (χ0n) is 21.0. The number of likely N-dealkylation sites (N-methyl/N-ethyl adjacent to an activating group) is 1. The molecular formula is C25H28F2N4O8. The highest BCUT2D eigenvalue weighted by atomic mass is 19.1. The van der Waals surface area contributed by atoms with Crippen molar-refractivity contribution in [2.45, 2.75) is 24.5 Å². The van der Waals surface area contributed by atoms with Crippen LogP contribution in [0.2, 0.25) is 0 Å². The van der Waals surface area contributed by atoms with Crippen LogP contribution in [0.4, 0.5) is 14.5 Å². The average molecular weight is 551 g/mol. The van der Waals surface area contributed by atoms with Crippen LogP contribution in [-0.4, -0.2) is 94.2 Å². The van der Waals surface area contributed by atoms with E-state index in [4.69, 9.17) is 5.73 Å². The Morgan fingerprint density at radius 3 is 2.49 bits per heavy atom. The summed E-state index contributed by atoms with van der Waals surface area (Å²) in [5.41, 5.74) is -0.0577. The summed E-state index contributed by atoms with van der Waals surface area (Å²) < 4.78 is 27.5. The number of alkyl halides is 1. The molecule has 14 heteroatoms. The number of phenols is 1. The van der Waals surface area contributed by atoms with Crippen LogP contribution in [0.3, 0.4) is 0 Å². The fraction of sp³-hybridized carbons (Fsp3) is 0.440. The number of ketones is 2. The van der Waals surface area contributed by atoms with Crippen molar-refractivity contribution in [2.24, 2.45) is 17.6 Å². The van der Waals surface area contributed by atoms with Crippen molar-refractivity contribution in [2.75, 3.05) is 39.2 Å². The number of benzene rings is 1. The lowest BCUT2D eigenvalue weighted by molar-refractivity contribution is -0.153. The van der Waals surface area contributed by atoms with E-state index < -0.39 is 99.0 Å². The quantitative estimate of drug-likeness (QED) is 0.133. The third kappa shape index (κ3) is 4.24. The molecule has 0 heterocycles. The Bertz CT molecular complexity index is 1360. The lowest BCUT2D eigenvalue weighted by Crippen LogP contribution is -2.65. The predicted molar refractivity (Wildman–Crippen MR) is 132 cm³/mol. The Kier molecular flexibility index (Phi) is 7.23. The van der Waals surface area contributed by atoms with E-state index in [0.29, 0.717) is 0 Å². The second-order valence-electron chi connectivity index (χ2n) is 9.98. The van der Waals surface area contributed by atoms with Crippen LogP contribution in [-0.2, 0) is 25.6 Å². The van der Waals surface area contributed by atoms with Gasteiger partial charge in [0.2, 0.25) is 11.7 Å². The summed E-state index contributed by atoms with van der Waals surface area (Å²) in [4.78, 5) is 52.3. The number of aromatic hydroxyl groups is 1. The average Bonchev–Trinajstić information content (AvgIpc) is 2.84. The molecule has 0 aromatic heterocycles. The second kappa shape index (κ2) is 10.0. The van der Waals surface area contributed by atoms with Crippen molar-refractivity contribution in [3.63, 3.8) is 0 Å². The van der Waals surface area contributed by atoms with E-state index in [1.807, 2.05) is 0 Å². The van der Waals surface area contributed by atoms with Crippen molar-refractivity contribution >= 4 is 34.8 Å². The molecule has 0 radical (unpaired) electrons. The highest BCUT2D eigenvalue weighted by Gasteiger charge is 2.64. The number of nitrogens with zero attached hydrogens (tertiary/aromatic N) is 1. The van der Waals surface area contributed by atoms with Crippen LogP contribution in [0.5, 0.6) is 5.75 Å². The Morgan fingerprint density at radius 2 is 1.90 bits per heavy atom. The summed E-state index contributed by atoms with van der Waals surface area (Å²) in [6.45, 7) is -1.20. The molecule has 1 aromatic rings. The fourth-order valence-electron chi connectivity index (χ4n) is 5.82. The molecule has 0 unspecified atom stereocenters. The van der Waals surface area contributed by atoms with E-state index in [-0.39, 0.29) is 31.5 Å². The predicted octanol–water partition coefficient (Wildman–Crippen LogP) is -0.399. The smallest absolute Gasteiger partial charge is 0.255 e. The zero-order chi connectivity index (χ0) is 29.0. The van der Waals surface area contributed by atoms with Crippen LogP contribution in [0.25, 0.3) is 5.76 Å². The molecule has 1 fully saturated rings. The SMILES string of the molecule is CN(C)[C@@H]1C(=O)C(C(N)=O)=C(O)[C@@]2(O)C(=O)C3=C(O)c4c(O)c(NC(=O)CNCCF)cc(F)c4C[C@H]3C[C@@H]12. The summed E-state index contributed by atoms with van der Waals surface area (Å²) in [5, 5.41) is 49.1. The van der Waals surface area contributed by atoms with Gasteiger partial charge in [0.05, 0.1) is 23.8 Å². The van der Waals surface area contributed by atoms with Gasteiger partial charge in [0, 0.05) is 29.7 Å². The Hall–Kier alpha value is -3.88. The Morgan fingerprint density at radius 1 is 1.23 bits per heavy atom. The number of anilines is 1. The van der Waals surface area contributed by atoms with Gasteiger partial charge >= 0.3 is 0 Å². The number of nitrogens with one attached hydrogen (secondary N) is 2. The number of rotatable bonds is 7. The molecule has 3 aliphatic rings. The highest BCUT2D eigenvalue weighted by Crippen LogP contribution is 2.53. The first-order chi connectivity index (χ1) is 18.3. The van der Waals surface area contributed by atoms with Gasteiger partial charge in [0.1, 0.15) is 29.6 Å². The number of hydrogen-bond donors (Lipinski definition) is 7. The maximum Gasteiger partial charge on any atom is 0.255 e. The third-order valence-electron chi connectivity index (χ3n) is 7.50. The van der Waals surface area contributed by atoms with E-state index in [1.165, 1.54) is 19.0 Å².